The summed E-state index contributed by atoms with van der Waals surface area (Å²) in [5.41, 5.74) is 1.48. The van der Waals surface area contributed by atoms with Crippen molar-refractivity contribution in [3.63, 3.8) is 0 Å². The summed E-state index contributed by atoms with van der Waals surface area (Å²) in [7, 11) is 1.51. The second kappa shape index (κ2) is 11.7. The third-order valence-electron chi connectivity index (χ3n) is 5.54. The van der Waals surface area contributed by atoms with Crippen LogP contribution in [-0.4, -0.2) is 35.2 Å². The number of rotatable bonds is 13. The molecule has 4 rings (SSSR count). The number of halogens is 1. The molecule has 1 saturated carbocycles. The number of methoxy groups -OCH3 is 1. The van der Waals surface area contributed by atoms with Crippen molar-refractivity contribution < 1.29 is 33.0 Å². The molecule has 3 aromatic rings. The van der Waals surface area contributed by atoms with E-state index in [9.17, 15) is 14.3 Å². The van der Waals surface area contributed by atoms with Gasteiger partial charge in [-0.15, -0.1) is 11.8 Å². The fourth-order valence-corrected chi connectivity index (χ4v) is 4.99. The maximum absolute atomic E-state index is 14.7. The van der Waals surface area contributed by atoms with E-state index in [1.807, 2.05) is 32.0 Å². The first-order valence-corrected chi connectivity index (χ1v) is 12.8. The Morgan fingerprint density at radius 1 is 1.19 bits per heavy atom. The first kappa shape index (κ1) is 25.9. The van der Waals surface area contributed by atoms with Gasteiger partial charge in [0.2, 0.25) is 5.76 Å². The van der Waals surface area contributed by atoms with E-state index in [1.165, 1.54) is 25.3 Å². The minimum absolute atomic E-state index is 0.0331. The van der Waals surface area contributed by atoms with Crippen LogP contribution in [0.15, 0.2) is 47.0 Å². The standard InChI is InChI=1S/C27H30FNO6S/c1-16(2)14-34-27-23(29-35-26(27)21-12-18(32-3)7-10-22(21)28)15-33-19-6-4-5-17(11-19)24(13-25(30)31)36-20-8-9-20/h4-7,10-12,16,20,24H,8-9,13-15H2,1-3H3,(H,30,31). The Balaban J connectivity index is 1.56. The van der Waals surface area contributed by atoms with Gasteiger partial charge < -0.3 is 23.8 Å². The highest BCUT2D eigenvalue weighted by Crippen LogP contribution is 2.45. The van der Waals surface area contributed by atoms with Gasteiger partial charge in [0.15, 0.2) is 11.4 Å². The highest BCUT2D eigenvalue weighted by molar-refractivity contribution is 8.00. The van der Waals surface area contributed by atoms with Gasteiger partial charge in [-0.05, 0) is 54.7 Å². The third-order valence-corrected chi connectivity index (χ3v) is 7.16. The van der Waals surface area contributed by atoms with Crippen molar-refractivity contribution in [3.8, 4) is 28.6 Å². The number of hydrogen-bond acceptors (Lipinski definition) is 7. The molecule has 7 nitrogen and oxygen atoms in total. The Hall–Kier alpha value is -3.20. The molecular weight excluding hydrogens is 485 g/mol. The molecule has 1 N–H and O–H groups in total. The molecule has 36 heavy (non-hydrogen) atoms. The van der Waals surface area contributed by atoms with Crippen LogP contribution >= 0.6 is 11.8 Å². The summed E-state index contributed by atoms with van der Waals surface area (Å²) < 4.78 is 37.4. The van der Waals surface area contributed by atoms with E-state index in [1.54, 1.807) is 17.8 Å². The van der Waals surface area contributed by atoms with Crippen LogP contribution in [0.2, 0.25) is 0 Å². The fourth-order valence-electron chi connectivity index (χ4n) is 3.58. The number of carbonyl (C=O) groups is 1. The molecule has 0 aliphatic heterocycles. The Morgan fingerprint density at radius 3 is 2.69 bits per heavy atom. The molecule has 1 unspecified atom stereocenters. The normalized spacial score (nSPS) is 14.0. The number of hydrogen-bond donors (Lipinski definition) is 1. The predicted molar refractivity (Wildman–Crippen MR) is 135 cm³/mol. The van der Waals surface area contributed by atoms with E-state index in [0.29, 0.717) is 34.8 Å². The van der Waals surface area contributed by atoms with Crippen LogP contribution in [0.3, 0.4) is 0 Å². The van der Waals surface area contributed by atoms with Gasteiger partial charge >= 0.3 is 5.97 Å². The van der Waals surface area contributed by atoms with Gasteiger partial charge in [0, 0.05) is 10.5 Å². The van der Waals surface area contributed by atoms with Crippen molar-refractivity contribution in [1.29, 1.82) is 0 Å². The third kappa shape index (κ3) is 6.72. The summed E-state index contributed by atoms with van der Waals surface area (Å²) in [6.45, 7) is 4.44. The average Bonchev–Trinajstić information content (AvgIpc) is 3.58. The number of nitrogens with zero attached hydrogens (tertiary/aromatic N) is 1. The van der Waals surface area contributed by atoms with Crippen molar-refractivity contribution in [1.82, 2.24) is 5.16 Å². The minimum Gasteiger partial charge on any atom is -0.497 e. The number of thioether (sulfide) groups is 1. The largest absolute Gasteiger partial charge is 0.497 e. The number of aromatic nitrogens is 1. The number of carboxylic acid groups (broad SMARTS) is 1. The highest BCUT2D eigenvalue weighted by atomic mass is 32.2. The van der Waals surface area contributed by atoms with Crippen LogP contribution in [0.25, 0.3) is 11.3 Å². The predicted octanol–water partition coefficient (Wildman–Crippen LogP) is 6.51. The Kier molecular flexibility index (Phi) is 8.40. The first-order valence-electron chi connectivity index (χ1n) is 11.9. The number of benzene rings is 2. The molecule has 0 spiro atoms. The number of carboxylic acids is 1. The van der Waals surface area contributed by atoms with E-state index < -0.39 is 11.8 Å². The Morgan fingerprint density at radius 2 is 2.00 bits per heavy atom. The van der Waals surface area contributed by atoms with Gasteiger partial charge in [0.1, 0.15) is 23.9 Å². The van der Waals surface area contributed by atoms with Gasteiger partial charge in [-0.1, -0.05) is 31.1 Å². The molecule has 2 aromatic carbocycles. The highest BCUT2D eigenvalue weighted by Gasteiger charge is 2.29. The molecule has 1 aromatic heterocycles. The maximum Gasteiger partial charge on any atom is 0.304 e. The summed E-state index contributed by atoms with van der Waals surface area (Å²) in [5, 5.41) is 13.8. The van der Waals surface area contributed by atoms with Crippen molar-refractivity contribution in [2.24, 2.45) is 5.92 Å². The lowest BCUT2D eigenvalue weighted by molar-refractivity contribution is -0.137. The van der Waals surface area contributed by atoms with Crippen LogP contribution in [-0.2, 0) is 11.4 Å². The monoisotopic (exact) mass is 515 g/mol. The number of ether oxygens (including phenoxy) is 3. The molecule has 0 radical (unpaired) electrons. The zero-order chi connectivity index (χ0) is 25.7. The fraction of sp³-hybridized carbons (Fsp3) is 0.407. The average molecular weight is 516 g/mol. The summed E-state index contributed by atoms with van der Waals surface area (Å²) in [6, 6.07) is 11.8. The molecule has 1 fully saturated rings. The SMILES string of the molecule is COc1ccc(F)c(-c2onc(COc3cccc(C(CC(=O)O)SC4CC4)c3)c2OCC(C)C)c1. The van der Waals surface area contributed by atoms with Crippen LogP contribution in [0, 0.1) is 11.7 Å². The van der Waals surface area contributed by atoms with E-state index >= 15 is 0 Å². The molecule has 0 bridgehead atoms. The Labute approximate surface area is 213 Å². The molecule has 1 heterocycles. The lowest BCUT2D eigenvalue weighted by Crippen LogP contribution is -2.08. The second-order valence-electron chi connectivity index (χ2n) is 9.12. The van der Waals surface area contributed by atoms with Crippen molar-refractivity contribution in [2.45, 2.75) is 50.2 Å². The molecule has 0 amide bonds. The van der Waals surface area contributed by atoms with Crippen LogP contribution in [0.5, 0.6) is 17.2 Å². The molecule has 1 aliphatic rings. The summed E-state index contributed by atoms with van der Waals surface area (Å²) in [6.07, 6.45) is 2.30. The van der Waals surface area contributed by atoms with Gasteiger partial charge in [-0.3, -0.25) is 4.79 Å². The van der Waals surface area contributed by atoms with Gasteiger partial charge in [0.05, 0.1) is 25.7 Å². The molecule has 1 aliphatic carbocycles. The van der Waals surface area contributed by atoms with Crippen LogP contribution < -0.4 is 14.2 Å². The summed E-state index contributed by atoms with van der Waals surface area (Å²) in [5.74, 6) is 0.453. The van der Waals surface area contributed by atoms with E-state index in [4.69, 9.17) is 18.7 Å². The van der Waals surface area contributed by atoms with Crippen molar-refractivity contribution >= 4 is 17.7 Å². The Bertz CT molecular complexity index is 1190. The molecule has 192 valence electrons. The molecular formula is C27H30FNO6S. The van der Waals surface area contributed by atoms with Crippen molar-refractivity contribution in [2.75, 3.05) is 13.7 Å². The van der Waals surface area contributed by atoms with Gasteiger partial charge in [-0.25, -0.2) is 4.39 Å². The minimum atomic E-state index is -0.827. The van der Waals surface area contributed by atoms with Crippen LogP contribution in [0.1, 0.15) is 49.6 Å². The second-order valence-corrected chi connectivity index (χ2v) is 10.6. The smallest absolute Gasteiger partial charge is 0.304 e. The maximum atomic E-state index is 14.7. The summed E-state index contributed by atoms with van der Waals surface area (Å²) >= 11 is 1.70. The van der Waals surface area contributed by atoms with E-state index in [0.717, 1.165) is 18.4 Å². The van der Waals surface area contributed by atoms with E-state index in [2.05, 4.69) is 5.16 Å². The molecule has 0 saturated heterocycles. The topological polar surface area (TPSA) is 91.0 Å². The zero-order valence-electron chi connectivity index (χ0n) is 20.5. The van der Waals surface area contributed by atoms with Crippen LogP contribution in [0.4, 0.5) is 4.39 Å². The van der Waals surface area contributed by atoms with Gasteiger partial charge in [-0.2, -0.15) is 0 Å². The number of aliphatic carboxylic acids is 1. The van der Waals surface area contributed by atoms with E-state index in [-0.39, 0.29) is 35.5 Å². The van der Waals surface area contributed by atoms with Crippen molar-refractivity contribution in [3.05, 3.63) is 59.5 Å². The lowest BCUT2D eigenvalue weighted by Gasteiger charge is -2.16. The molecule has 9 heteroatoms. The molecule has 1 atom stereocenters. The first-order chi connectivity index (χ1) is 17.3. The van der Waals surface area contributed by atoms with Gasteiger partial charge in [0.25, 0.3) is 0 Å². The lowest BCUT2D eigenvalue weighted by atomic mass is 10.1. The quantitative estimate of drug-likeness (QED) is 0.275. The summed E-state index contributed by atoms with van der Waals surface area (Å²) in [4.78, 5) is 11.4. The zero-order valence-corrected chi connectivity index (χ0v) is 21.3.